The number of hydrogen-bond acceptors (Lipinski definition) is 2. The minimum Gasteiger partial charge on any atom is -0.309 e. The van der Waals surface area contributed by atoms with Crippen LogP contribution < -0.4 is 0 Å². The first-order valence-corrected chi connectivity index (χ1v) is 22.3. The van der Waals surface area contributed by atoms with Crippen molar-refractivity contribution < 1.29 is 0 Å². The summed E-state index contributed by atoms with van der Waals surface area (Å²) in [7, 11) is 0. The molecular formula is C61H44N4. The molecule has 0 bridgehead atoms. The Kier molecular flexibility index (Phi) is 9.13. The highest BCUT2D eigenvalue weighted by Gasteiger charge is 2.22. The standard InChI is InChI=1S/C61H44N4/c1-39-34-40(2)60(41(3)35-39)45-31-33-58-51(36-45)49-25-13-17-29-57(49)65(58)59-37-44(53-38-52(42-18-6-4-7-19-42)62-61(63-53)43-20-8-5-9-21-43)30-32-50(59)48-24-12-16-28-56(48)64-54-26-14-10-22-46(54)47-23-11-15-27-55(47)64/h4-38H,1-3H3. The number of fused-ring (bicyclic) bond motifs is 6. The molecule has 4 heteroatoms. The van der Waals surface area contributed by atoms with Gasteiger partial charge in [0.1, 0.15) is 0 Å². The van der Waals surface area contributed by atoms with Crippen LogP contribution in [0.15, 0.2) is 212 Å². The van der Waals surface area contributed by atoms with Crippen LogP contribution in [0.1, 0.15) is 16.7 Å². The molecule has 3 heterocycles. The summed E-state index contributed by atoms with van der Waals surface area (Å²) in [5, 5.41) is 4.89. The van der Waals surface area contributed by atoms with Gasteiger partial charge in [0.05, 0.1) is 44.8 Å². The van der Waals surface area contributed by atoms with Crippen molar-refractivity contribution in [1.82, 2.24) is 19.1 Å². The van der Waals surface area contributed by atoms with Gasteiger partial charge in [0.25, 0.3) is 0 Å². The first kappa shape index (κ1) is 38.3. The molecule has 12 rings (SSSR count). The Labute approximate surface area is 378 Å². The second-order valence-electron chi connectivity index (χ2n) is 17.2. The fourth-order valence-corrected chi connectivity index (χ4v) is 10.3. The van der Waals surface area contributed by atoms with E-state index in [1.54, 1.807) is 0 Å². The fourth-order valence-electron chi connectivity index (χ4n) is 10.3. The molecule has 0 amide bonds. The summed E-state index contributed by atoms with van der Waals surface area (Å²) < 4.78 is 4.91. The van der Waals surface area contributed by atoms with E-state index in [1.165, 1.54) is 60.4 Å². The van der Waals surface area contributed by atoms with E-state index >= 15 is 0 Å². The number of hydrogen-bond donors (Lipinski definition) is 0. The van der Waals surface area contributed by atoms with Crippen molar-refractivity contribution in [2.75, 3.05) is 0 Å². The van der Waals surface area contributed by atoms with Crippen molar-refractivity contribution in [2.24, 2.45) is 0 Å². The van der Waals surface area contributed by atoms with E-state index in [0.717, 1.165) is 61.6 Å². The normalized spacial score (nSPS) is 11.6. The molecule has 0 aliphatic heterocycles. The summed E-state index contributed by atoms with van der Waals surface area (Å²) in [4.78, 5) is 10.5. The predicted octanol–water partition coefficient (Wildman–Crippen LogP) is 15.9. The van der Waals surface area contributed by atoms with Crippen LogP contribution in [0, 0.1) is 20.8 Å². The zero-order chi connectivity index (χ0) is 43.6. The maximum atomic E-state index is 5.32. The second kappa shape index (κ2) is 15.5. The molecule has 0 saturated carbocycles. The Hall–Kier alpha value is -8.34. The van der Waals surface area contributed by atoms with E-state index in [2.05, 4.69) is 218 Å². The van der Waals surface area contributed by atoms with Gasteiger partial charge in [0.15, 0.2) is 5.82 Å². The van der Waals surface area contributed by atoms with Crippen molar-refractivity contribution in [3.8, 4) is 67.5 Å². The van der Waals surface area contributed by atoms with Crippen molar-refractivity contribution in [1.29, 1.82) is 0 Å². The Morgan fingerprint density at radius 3 is 1.45 bits per heavy atom. The lowest BCUT2D eigenvalue weighted by molar-refractivity contribution is 1.15. The van der Waals surface area contributed by atoms with Gasteiger partial charge in [-0.2, -0.15) is 0 Å². The molecule has 3 aromatic heterocycles. The number of rotatable bonds is 7. The lowest BCUT2D eigenvalue weighted by Crippen LogP contribution is -2.02. The van der Waals surface area contributed by atoms with Crippen LogP contribution in [0.2, 0.25) is 0 Å². The van der Waals surface area contributed by atoms with Crippen LogP contribution in [0.3, 0.4) is 0 Å². The van der Waals surface area contributed by atoms with E-state index in [9.17, 15) is 0 Å². The maximum absolute atomic E-state index is 5.32. The second-order valence-corrected chi connectivity index (χ2v) is 17.2. The summed E-state index contributed by atoms with van der Waals surface area (Å²) in [6.45, 7) is 6.64. The number of aryl methyl sites for hydroxylation is 3. The van der Waals surface area contributed by atoms with Gasteiger partial charge in [0, 0.05) is 49.4 Å². The van der Waals surface area contributed by atoms with E-state index in [0.29, 0.717) is 5.82 Å². The van der Waals surface area contributed by atoms with E-state index in [4.69, 9.17) is 9.97 Å². The highest BCUT2D eigenvalue weighted by Crippen LogP contribution is 2.43. The van der Waals surface area contributed by atoms with Crippen LogP contribution in [0.4, 0.5) is 0 Å². The van der Waals surface area contributed by atoms with Gasteiger partial charge in [-0.25, -0.2) is 9.97 Å². The molecular weight excluding hydrogens is 789 g/mol. The zero-order valence-corrected chi connectivity index (χ0v) is 36.5. The first-order chi connectivity index (χ1) is 32.0. The molecule has 0 unspecified atom stereocenters. The highest BCUT2D eigenvalue weighted by molar-refractivity contribution is 6.12. The lowest BCUT2D eigenvalue weighted by Gasteiger charge is -2.20. The quantitative estimate of drug-likeness (QED) is 0.160. The van der Waals surface area contributed by atoms with E-state index in [1.807, 2.05) is 24.3 Å². The molecule has 0 spiro atoms. The molecule has 9 aromatic carbocycles. The maximum Gasteiger partial charge on any atom is 0.160 e. The third-order valence-electron chi connectivity index (χ3n) is 13.0. The van der Waals surface area contributed by atoms with Crippen LogP contribution >= 0.6 is 0 Å². The third kappa shape index (κ3) is 6.45. The Morgan fingerprint density at radius 1 is 0.323 bits per heavy atom. The average molecular weight is 833 g/mol. The van der Waals surface area contributed by atoms with Crippen LogP contribution in [-0.4, -0.2) is 19.1 Å². The van der Waals surface area contributed by atoms with E-state index < -0.39 is 0 Å². The van der Waals surface area contributed by atoms with Gasteiger partial charge in [0.2, 0.25) is 0 Å². The molecule has 0 N–H and O–H groups in total. The first-order valence-electron chi connectivity index (χ1n) is 22.3. The number of nitrogens with zero attached hydrogens (tertiary/aromatic N) is 4. The smallest absolute Gasteiger partial charge is 0.160 e. The summed E-state index contributed by atoms with van der Waals surface area (Å²) in [5.41, 5.74) is 20.2. The molecule has 308 valence electrons. The Bertz CT molecular complexity index is 3670. The molecule has 0 radical (unpaired) electrons. The zero-order valence-electron chi connectivity index (χ0n) is 36.5. The Balaban J connectivity index is 1.16. The summed E-state index contributed by atoms with van der Waals surface area (Å²) >= 11 is 0. The predicted molar refractivity (Wildman–Crippen MR) is 272 cm³/mol. The number of para-hydroxylation sites is 4. The van der Waals surface area contributed by atoms with Gasteiger partial charge < -0.3 is 9.13 Å². The summed E-state index contributed by atoms with van der Waals surface area (Å²) in [6.07, 6.45) is 0. The van der Waals surface area contributed by atoms with Gasteiger partial charge in [-0.1, -0.05) is 169 Å². The molecule has 0 fully saturated rings. The summed E-state index contributed by atoms with van der Waals surface area (Å²) in [5.74, 6) is 0.690. The van der Waals surface area contributed by atoms with Crippen LogP contribution in [0.25, 0.3) is 111 Å². The summed E-state index contributed by atoms with van der Waals surface area (Å²) in [6, 6.07) is 76.5. The van der Waals surface area contributed by atoms with Crippen LogP contribution in [0.5, 0.6) is 0 Å². The van der Waals surface area contributed by atoms with E-state index in [-0.39, 0.29) is 0 Å². The van der Waals surface area contributed by atoms with Crippen molar-refractivity contribution in [3.63, 3.8) is 0 Å². The van der Waals surface area contributed by atoms with Gasteiger partial charge >= 0.3 is 0 Å². The Morgan fingerprint density at radius 2 is 0.800 bits per heavy atom. The largest absolute Gasteiger partial charge is 0.309 e. The molecule has 0 saturated heterocycles. The minimum absolute atomic E-state index is 0.690. The minimum atomic E-state index is 0.690. The molecule has 65 heavy (non-hydrogen) atoms. The third-order valence-corrected chi connectivity index (χ3v) is 13.0. The number of benzene rings is 9. The van der Waals surface area contributed by atoms with Gasteiger partial charge in [-0.3, -0.25) is 0 Å². The van der Waals surface area contributed by atoms with Crippen molar-refractivity contribution >= 4 is 43.6 Å². The number of aromatic nitrogens is 4. The van der Waals surface area contributed by atoms with Gasteiger partial charge in [-0.05, 0) is 91.6 Å². The average Bonchev–Trinajstić information content (AvgIpc) is 3.86. The molecule has 12 aromatic rings. The topological polar surface area (TPSA) is 35.6 Å². The molecule has 0 atom stereocenters. The van der Waals surface area contributed by atoms with Crippen LogP contribution in [-0.2, 0) is 0 Å². The lowest BCUT2D eigenvalue weighted by atomic mass is 9.93. The monoisotopic (exact) mass is 832 g/mol. The molecule has 0 aliphatic carbocycles. The SMILES string of the molecule is Cc1cc(C)c(-c2ccc3c(c2)c2ccccc2n3-c2cc(-c3cc(-c4ccccc4)nc(-c4ccccc4)n3)ccc2-c2ccccc2-n2c3ccccc3c3ccccc32)c(C)c1. The molecule has 4 nitrogen and oxygen atoms in total. The highest BCUT2D eigenvalue weighted by atomic mass is 15.0. The fraction of sp³-hybridized carbons (Fsp3) is 0.0492. The molecule has 0 aliphatic rings. The van der Waals surface area contributed by atoms with Crippen molar-refractivity contribution in [3.05, 3.63) is 229 Å². The van der Waals surface area contributed by atoms with Crippen molar-refractivity contribution in [2.45, 2.75) is 20.8 Å². The van der Waals surface area contributed by atoms with Gasteiger partial charge in [-0.15, -0.1) is 0 Å².